The van der Waals surface area contributed by atoms with Gasteiger partial charge in [-0.2, -0.15) is 0 Å². The molecule has 0 atom stereocenters. The summed E-state index contributed by atoms with van der Waals surface area (Å²) in [7, 11) is 0.593. The van der Waals surface area contributed by atoms with Crippen molar-refractivity contribution >= 4 is 24.0 Å². The Morgan fingerprint density at radius 3 is 2.13 bits per heavy atom. The molecule has 0 unspecified atom stereocenters. The van der Waals surface area contributed by atoms with Crippen LogP contribution < -0.4 is 9.75 Å². The summed E-state index contributed by atoms with van der Waals surface area (Å²) < 4.78 is 2.30. The van der Waals surface area contributed by atoms with Crippen LogP contribution in [0.5, 0.6) is 0 Å². The highest BCUT2D eigenvalue weighted by Crippen LogP contribution is 2.41. The first-order valence-electron chi connectivity index (χ1n) is 11.6. The zero-order valence-electron chi connectivity index (χ0n) is 20.6. The lowest BCUT2D eigenvalue weighted by Crippen LogP contribution is -2.53. The second-order valence-electron chi connectivity index (χ2n) is 10.1. The molecule has 0 radical (unpaired) electrons. The summed E-state index contributed by atoms with van der Waals surface area (Å²) in [5.74, 6) is 0. The molecule has 30 heavy (non-hydrogen) atoms. The third-order valence-electron chi connectivity index (χ3n) is 7.72. The summed E-state index contributed by atoms with van der Waals surface area (Å²) in [5, 5.41) is 4.71. The van der Waals surface area contributed by atoms with Gasteiger partial charge >= 0.3 is 0 Å². The third-order valence-corrected chi connectivity index (χ3v) is 14.4. The molecular weight excluding hydrogens is 378 g/mol. The zero-order valence-corrected chi connectivity index (χ0v) is 21.6. The number of fused-ring (bicyclic) bond motifs is 1. The quantitative estimate of drug-likeness (QED) is 0.310. The van der Waals surface area contributed by atoms with Crippen LogP contribution in [0.25, 0.3) is 22.0 Å². The summed E-state index contributed by atoms with van der Waals surface area (Å²) >= 11 is 0. The number of rotatable bonds is 5. The van der Waals surface area contributed by atoms with Crippen LogP contribution in [0.4, 0.5) is 0 Å². The number of pyridine rings is 1. The number of aryl methyl sites for hydroxylation is 3. The first kappa shape index (κ1) is 22.7. The van der Waals surface area contributed by atoms with Crippen molar-refractivity contribution in [3.63, 3.8) is 0 Å². The Morgan fingerprint density at radius 2 is 1.57 bits per heavy atom. The minimum absolute atomic E-state index is 0.357. The number of aromatic nitrogens is 1. The van der Waals surface area contributed by atoms with E-state index >= 15 is 0 Å². The standard InChI is InChI=1S/C28H40NSi/c1-10-22-17-20(4)21(5)26(18-22)27-25-14-13-24(19-23(25)15-16-29(27)9)30(11-2,12-3)28(6,7)8/h13-19H,10-12H2,1-9H3/q+1. The summed E-state index contributed by atoms with van der Waals surface area (Å²) in [5.41, 5.74) is 6.90. The summed E-state index contributed by atoms with van der Waals surface area (Å²) in [6, 6.07) is 17.0. The van der Waals surface area contributed by atoms with Crippen molar-refractivity contribution in [1.29, 1.82) is 0 Å². The molecular formula is C28H40NSi+. The molecule has 0 aliphatic heterocycles. The van der Waals surface area contributed by atoms with Crippen LogP contribution in [0.15, 0.2) is 42.6 Å². The Balaban J connectivity index is 2.31. The number of hydrogen-bond acceptors (Lipinski definition) is 0. The van der Waals surface area contributed by atoms with Gasteiger partial charge in [0, 0.05) is 6.07 Å². The summed E-state index contributed by atoms with van der Waals surface area (Å²) in [6.45, 7) is 18.9. The van der Waals surface area contributed by atoms with E-state index in [-0.39, 0.29) is 0 Å². The molecule has 0 aliphatic carbocycles. The molecule has 3 rings (SSSR count). The van der Waals surface area contributed by atoms with Crippen LogP contribution in [-0.4, -0.2) is 8.07 Å². The highest BCUT2D eigenvalue weighted by molar-refractivity contribution is 6.94. The molecule has 0 saturated carbocycles. The maximum absolute atomic E-state index is 2.52. The smallest absolute Gasteiger partial charge is 0.200 e. The maximum atomic E-state index is 2.52. The van der Waals surface area contributed by atoms with Gasteiger partial charge in [-0.05, 0) is 59.5 Å². The van der Waals surface area contributed by atoms with Gasteiger partial charge in [0.25, 0.3) is 0 Å². The van der Waals surface area contributed by atoms with Crippen molar-refractivity contribution in [2.75, 3.05) is 0 Å². The monoisotopic (exact) mass is 418 g/mol. The van der Waals surface area contributed by atoms with Gasteiger partial charge in [-0.3, -0.25) is 0 Å². The van der Waals surface area contributed by atoms with E-state index in [1.54, 1.807) is 5.19 Å². The lowest BCUT2D eigenvalue weighted by Gasteiger charge is -2.42. The Kier molecular flexibility index (Phi) is 6.29. The molecule has 1 heterocycles. The number of hydrogen-bond donors (Lipinski definition) is 0. The molecule has 160 valence electrons. The van der Waals surface area contributed by atoms with Crippen LogP contribution in [0, 0.1) is 13.8 Å². The van der Waals surface area contributed by atoms with E-state index in [1.165, 1.54) is 50.8 Å². The van der Waals surface area contributed by atoms with Gasteiger partial charge in [0.2, 0.25) is 5.69 Å². The topological polar surface area (TPSA) is 3.88 Å². The Bertz CT molecular complexity index is 1070. The molecule has 0 bridgehead atoms. The van der Waals surface area contributed by atoms with Gasteiger partial charge < -0.3 is 0 Å². The molecule has 2 aromatic carbocycles. The lowest BCUT2D eigenvalue weighted by atomic mass is 9.93. The minimum atomic E-state index is -1.59. The van der Waals surface area contributed by atoms with Crippen molar-refractivity contribution in [3.05, 3.63) is 59.3 Å². The Labute approximate surface area is 185 Å². The van der Waals surface area contributed by atoms with E-state index < -0.39 is 8.07 Å². The summed E-state index contributed by atoms with van der Waals surface area (Å²) in [6.07, 6.45) is 3.31. The van der Waals surface area contributed by atoms with Crippen molar-refractivity contribution in [2.45, 2.75) is 78.9 Å². The van der Waals surface area contributed by atoms with E-state index in [9.17, 15) is 0 Å². The lowest BCUT2D eigenvalue weighted by molar-refractivity contribution is -0.659. The largest absolute Gasteiger partial charge is 0.220 e. The molecule has 0 saturated heterocycles. The predicted molar refractivity (Wildman–Crippen MR) is 135 cm³/mol. The van der Waals surface area contributed by atoms with E-state index in [0.717, 1.165) is 6.42 Å². The molecule has 1 nitrogen and oxygen atoms in total. The molecule has 2 heteroatoms. The molecule has 0 N–H and O–H groups in total. The average molecular weight is 419 g/mol. The first-order valence-corrected chi connectivity index (χ1v) is 14.0. The summed E-state index contributed by atoms with van der Waals surface area (Å²) in [4.78, 5) is 0. The van der Waals surface area contributed by atoms with Gasteiger partial charge in [0.05, 0.1) is 19.0 Å². The highest BCUT2D eigenvalue weighted by Gasteiger charge is 2.42. The second kappa shape index (κ2) is 8.30. The van der Waals surface area contributed by atoms with Gasteiger partial charge in [0.15, 0.2) is 6.20 Å². The number of benzene rings is 2. The SMILES string of the molecule is CCc1cc(C)c(C)c(-c2c3ccc([Si](CC)(CC)C(C)(C)C)cc3cc[n+]2C)c1. The van der Waals surface area contributed by atoms with Crippen LogP contribution in [0.1, 0.15) is 58.2 Å². The normalized spacial score (nSPS) is 12.6. The molecule has 0 aliphatic rings. The van der Waals surface area contributed by atoms with E-state index in [0.29, 0.717) is 5.04 Å². The van der Waals surface area contributed by atoms with Gasteiger partial charge in [-0.1, -0.05) is 77.0 Å². The first-order chi connectivity index (χ1) is 14.1. The molecule has 3 aromatic rings. The van der Waals surface area contributed by atoms with Crippen molar-refractivity contribution in [1.82, 2.24) is 0 Å². The maximum Gasteiger partial charge on any atom is 0.220 e. The zero-order chi connectivity index (χ0) is 22.3. The minimum Gasteiger partial charge on any atom is -0.200 e. The average Bonchev–Trinajstić information content (AvgIpc) is 2.70. The van der Waals surface area contributed by atoms with Gasteiger partial charge in [-0.25, -0.2) is 4.57 Å². The van der Waals surface area contributed by atoms with Crippen molar-refractivity contribution in [2.24, 2.45) is 7.05 Å². The van der Waals surface area contributed by atoms with Crippen LogP contribution in [0.3, 0.4) is 0 Å². The van der Waals surface area contributed by atoms with Crippen molar-refractivity contribution < 1.29 is 4.57 Å². The Hall–Kier alpha value is -1.93. The van der Waals surface area contributed by atoms with Crippen molar-refractivity contribution in [3.8, 4) is 11.3 Å². The molecule has 0 spiro atoms. The fourth-order valence-electron chi connectivity index (χ4n) is 5.54. The van der Waals surface area contributed by atoms with Gasteiger partial charge in [-0.15, -0.1) is 0 Å². The highest BCUT2D eigenvalue weighted by atomic mass is 28.3. The fourth-order valence-corrected chi connectivity index (χ4v) is 10.7. The van der Waals surface area contributed by atoms with E-state index in [1.807, 2.05) is 0 Å². The molecule has 0 amide bonds. The fraction of sp³-hybridized carbons (Fsp3) is 0.464. The Morgan fingerprint density at radius 1 is 0.900 bits per heavy atom. The molecule has 0 fully saturated rings. The van der Waals surface area contributed by atoms with Crippen LogP contribution >= 0.6 is 0 Å². The van der Waals surface area contributed by atoms with E-state index in [4.69, 9.17) is 0 Å². The van der Waals surface area contributed by atoms with Gasteiger partial charge in [0.1, 0.15) is 7.05 Å². The number of nitrogens with zero attached hydrogens (tertiary/aromatic N) is 1. The van der Waals surface area contributed by atoms with Crippen LogP contribution in [0.2, 0.25) is 17.1 Å². The molecule has 1 aromatic heterocycles. The van der Waals surface area contributed by atoms with Crippen LogP contribution in [-0.2, 0) is 13.5 Å². The predicted octanol–water partition coefficient (Wildman–Crippen LogP) is 7.01. The third kappa shape index (κ3) is 3.64. The second-order valence-corrected chi connectivity index (χ2v) is 15.7. The van der Waals surface area contributed by atoms with E-state index in [2.05, 4.69) is 110 Å².